The maximum absolute atomic E-state index is 5.61. The fraction of sp³-hybridized carbons (Fsp3) is 0.688. The lowest BCUT2D eigenvalue weighted by Gasteiger charge is -2.19. The summed E-state index contributed by atoms with van der Waals surface area (Å²) in [5.74, 6) is 0.786. The summed E-state index contributed by atoms with van der Waals surface area (Å²) in [7, 11) is 0. The highest BCUT2D eigenvalue weighted by atomic mass is 16.5. The van der Waals surface area contributed by atoms with Gasteiger partial charge in [-0.2, -0.15) is 0 Å². The lowest BCUT2D eigenvalue weighted by atomic mass is 10.2. The average molecular weight is 280 g/mol. The first-order valence-electron chi connectivity index (χ1n) is 7.38. The Morgan fingerprint density at radius 1 is 1.25 bits per heavy atom. The van der Waals surface area contributed by atoms with Gasteiger partial charge >= 0.3 is 0 Å². The van der Waals surface area contributed by atoms with Gasteiger partial charge in [0.1, 0.15) is 12.4 Å². The van der Waals surface area contributed by atoms with Crippen LogP contribution in [0.15, 0.2) is 18.3 Å². The first-order valence-corrected chi connectivity index (χ1v) is 7.38. The lowest BCUT2D eigenvalue weighted by molar-refractivity contribution is -0.0163. The Morgan fingerprint density at radius 3 is 2.55 bits per heavy atom. The quantitative estimate of drug-likeness (QED) is 0.742. The zero-order chi connectivity index (χ0) is 15.0. The van der Waals surface area contributed by atoms with Crippen molar-refractivity contribution in [3.05, 3.63) is 24.0 Å². The van der Waals surface area contributed by atoms with Crippen molar-refractivity contribution in [2.24, 2.45) is 0 Å². The van der Waals surface area contributed by atoms with Gasteiger partial charge in [0.2, 0.25) is 0 Å². The van der Waals surface area contributed by atoms with E-state index in [1.807, 2.05) is 32.9 Å². The minimum Gasteiger partial charge on any atom is -0.490 e. The number of rotatable bonds is 8. The van der Waals surface area contributed by atoms with Crippen molar-refractivity contribution in [3.8, 4) is 5.75 Å². The Morgan fingerprint density at radius 2 is 2.00 bits per heavy atom. The first-order chi connectivity index (χ1) is 9.42. The van der Waals surface area contributed by atoms with Crippen molar-refractivity contribution in [2.75, 3.05) is 19.8 Å². The van der Waals surface area contributed by atoms with Crippen LogP contribution >= 0.6 is 0 Å². The van der Waals surface area contributed by atoms with Crippen molar-refractivity contribution < 1.29 is 9.47 Å². The Kier molecular flexibility index (Phi) is 6.96. The van der Waals surface area contributed by atoms with Gasteiger partial charge in [-0.15, -0.1) is 0 Å². The van der Waals surface area contributed by atoms with Crippen LogP contribution in [0.25, 0.3) is 0 Å². The summed E-state index contributed by atoms with van der Waals surface area (Å²) in [6.45, 7) is 12.5. The molecule has 0 aromatic carbocycles. The predicted octanol–water partition coefficient (Wildman–Crippen LogP) is 3.34. The molecule has 0 saturated carbocycles. The Balaban J connectivity index is 2.35. The molecule has 0 saturated heterocycles. The van der Waals surface area contributed by atoms with E-state index in [-0.39, 0.29) is 11.6 Å². The van der Waals surface area contributed by atoms with E-state index >= 15 is 0 Å². The molecule has 1 aromatic rings. The van der Waals surface area contributed by atoms with Gasteiger partial charge in [-0.1, -0.05) is 6.92 Å². The average Bonchev–Trinajstić information content (AvgIpc) is 2.40. The smallest absolute Gasteiger partial charge is 0.137 e. The number of hydrogen-bond acceptors (Lipinski definition) is 4. The molecule has 1 atom stereocenters. The summed E-state index contributed by atoms with van der Waals surface area (Å²) >= 11 is 0. The molecule has 0 aliphatic carbocycles. The summed E-state index contributed by atoms with van der Waals surface area (Å²) in [6, 6.07) is 4.24. The molecule has 0 bridgehead atoms. The molecule has 4 heteroatoms. The first kappa shape index (κ1) is 16.9. The van der Waals surface area contributed by atoms with Gasteiger partial charge in [-0.3, -0.25) is 4.98 Å². The van der Waals surface area contributed by atoms with Crippen LogP contribution in [-0.2, 0) is 4.74 Å². The molecule has 0 aliphatic heterocycles. The molecular weight excluding hydrogens is 252 g/mol. The van der Waals surface area contributed by atoms with Crippen LogP contribution in [0, 0.1) is 0 Å². The van der Waals surface area contributed by atoms with Crippen LogP contribution < -0.4 is 10.1 Å². The highest BCUT2D eigenvalue weighted by Gasteiger charge is 2.09. The Bertz CT molecular complexity index is 371. The van der Waals surface area contributed by atoms with Gasteiger partial charge in [0, 0.05) is 6.04 Å². The van der Waals surface area contributed by atoms with Crippen LogP contribution in [0.2, 0.25) is 0 Å². The van der Waals surface area contributed by atoms with E-state index in [1.54, 1.807) is 6.20 Å². The topological polar surface area (TPSA) is 43.4 Å². The number of ether oxygens (including phenoxy) is 2. The van der Waals surface area contributed by atoms with Crippen molar-refractivity contribution >= 4 is 0 Å². The maximum atomic E-state index is 5.61. The van der Waals surface area contributed by atoms with Crippen molar-refractivity contribution in [3.63, 3.8) is 0 Å². The molecule has 1 heterocycles. The van der Waals surface area contributed by atoms with E-state index < -0.39 is 0 Å². The van der Waals surface area contributed by atoms with Crippen molar-refractivity contribution in [1.29, 1.82) is 0 Å². The molecule has 0 spiro atoms. The van der Waals surface area contributed by atoms with Crippen LogP contribution in [0.5, 0.6) is 5.75 Å². The van der Waals surface area contributed by atoms with E-state index in [0.29, 0.717) is 13.2 Å². The Hall–Kier alpha value is -1.13. The summed E-state index contributed by atoms with van der Waals surface area (Å²) < 4.78 is 11.2. The minimum absolute atomic E-state index is 0.119. The second kappa shape index (κ2) is 8.22. The normalized spacial score (nSPS) is 13.2. The standard InChI is InChI=1S/C16H28N2O2/c1-6-9-17-13(2)15-8-7-14(12-18-15)19-10-11-20-16(3,4)5/h7-8,12-13,17H,6,9-11H2,1-5H3. The largest absolute Gasteiger partial charge is 0.490 e. The fourth-order valence-corrected chi connectivity index (χ4v) is 1.71. The molecule has 0 radical (unpaired) electrons. The fourth-order valence-electron chi connectivity index (χ4n) is 1.71. The predicted molar refractivity (Wildman–Crippen MR) is 82.1 cm³/mol. The molecule has 1 N–H and O–H groups in total. The monoisotopic (exact) mass is 280 g/mol. The van der Waals surface area contributed by atoms with Gasteiger partial charge in [-0.25, -0.2) is 0 Å². The zero-order valence-corrected chi connectivity index (χ0v) is 13.4. The zero-order valence-electron chi connectivity index (χ0n) is 13.4. The molecule has 0 aliphatic rings. The molecule has 1 unspecified atom stereocenters. The number of pyridine rings is 1. The molecule has 114 valence electrons. The molecule has 4 nitrogen and oxygen atoms in total. The Labute approximate surface area is 122 Å². The van der Waals surface area contributed by atoms with Crippen molar-refractivity contribution in [1.82, 2.24) is 10.3 Å². The third-order valence-corrected chi connectivity index (χ3v) is 2.79. The molecule has 20 heavy (non-hydrogen) atoms. The van der Waals surface area contributed by atoms with E-state index in [9.17, 15) is 0 Å². The minimum atomic E-state index is -0.119. The summed E-state index contributed by atoms with van der Waals surface area (Å²) in [6.07, 6.45) is 2.90. The van der Waals surface area contributed by atoms with Crippen LogP contribution in [0.1, 0.15) is 52.8 Å². The molecule has 1 rings (SSSR count). The molecule has 1 aromatic heterocycles. The summed E-state index contributed by atoms with van der Waals surface area (Å²) in [4.78, 5) is 4.43. The van der Waals surface area contributed by atoms with Crippen LogP contribution in [0.3, 0.4) is 0 Å². The van der Waals surface area contributed by atoms with E-state index in [1.165, 1.54) is 0 Å². The van der Waals surface area contributed by atoms with Gasteiger partial charge in [0.25, 0.3) is 0 Å². The SMILES string of the molecule is CCCNC(C)c1ccc(OCCOC(C)(C)C)cn1. The molecule has 0 fully saturated rings. The maximum Gasteiger partial charge on any atom is 0.137 e. The lowest BCUT2D eigenvalue weighted by Crippen LogP contribution is -2.22. The van der Waals surface area contributed by atoms with Crippen molar-refractivity contribution in [2.45, 2.75) is 52.7 Å². The van der Waals surface area contributed by atoms with Gasteiger partial charge in [0.05, 0.1) is 24.1 Å². The number of hydrogen-bond donors (Lipinski definition) is 1. The van der Waals surface area contributed by atoms with Crippen LogP contribution in [-0.4, -0.2) is 30.3 Å². The van der Waals surface area contributed by atoms with E-state index in [2.05, 4.69) is 24.1 Å². The molecular formula is C16H28N2O2. The highest BCUT2D eigenvalue weighted by molar-refractivity contribution is 5.21. The second-order valence-corrected chi connectivity index (χ2v) is 5.90. The number of nitrogens with one attached hydrogen (secondary N) is 1. The van der Waals surface area contributed by atoms with E-state index in [0.717, 1.165) is 24.4 Å². The third-order valence-electron chi connectivity index (χ3n) is 2.79. The number of aromatic nitrogens is 1. The summed E-state index contributed by atoms with van der Waals surface area (Å²) in [5.41, 5.74) is 0.919. The summed E-state index contributed by atoms with van der Waals surface area (Å²) in [5, 5.41) is 3.41. The third kappa shape index (κ3) is 6.87. The highest BCUT2D eigenvalue weighted by Crippen LogP contribution is 2.14. The number of nitrogens with zero attached hydrogens (tertiary/aromatic N) is 1. The second-order valence-electron chi connectivity index (χ2n) is 5.90. The van der Waals surface area contributed by atoms with Crippen LogP contribution in [0.4, 0.5) is 0 Å². The van der Waals surface area contributed by atoms with Gasteiger partial charge in [0.15, 0.2) is 0 Å². The van der Waals surface area contributed by atoms with Gasteiger partial charge < -0.3 is 14.8 Å². The molecule has 0 amide bonds. The van der Waals surface area contributed by atoms with E-state index in [4.69, 9.17) is 9.47 Å². The van der Waals surface area contributed by atoms with Gasteiger partial charge in [-0.05, 0) is 52.8 Å².